The first-order valence-corrected chi connectivity index (χ1v) is 6.74. The molecule has 1 aliphatic heterocycles. The lowest BCUT2D eigenvalue weighted by molar-refractivity contribution is -0.0337. The molecule has 1 heterocycles. The number of hydrogen-bond acceptors (Lipinski definition) is 3. The molecule has 1 aromatic rings. The van der Waals surface area contributed by atoms with Crippen molar-refractivity contribution in [2.24, 2.45) is 0 Å². The largest absolute Gasteiger partial charge is 0.382 e. The highest BCUT2D eigenvalue weighted by Gasteiger charge is 2.24. The van der Waals surface area contributed by atoms with Crippen molar-refractivity contribution in [3.63, 3.8) is 0 Å². The van der Waals surface area contributed by atoms with Crippen LogP contribution in [0.2, 0.25) is 0 Å². The van der Waals surface area contributed by atoms with Crippen LogP contribution >= 0.6 is 0 Å². The predicted octanol–water partition coefficient (Wildman–Crippen LogP) is 3.12. The lowest BCUT2D eigenvalue weighted by atomic mass is 9.99. The van der Waals surface area contributed by atoms with Gasteiger partial charge in [0.2, 0.25) is 0 Å². The maximum atomic E-state index is 5.77. The minimum absolute atomic E-state index is 0.350. The molecule has 0 aromatic heterocycles. The molecule has 0 amide bonds. The molecular weight excluding hydrogens is 224 g/mol. The van der Waals surface area contributed by atoms with E-state index in [-0.39, 0.29) is 0 Å². The molecule has 2 rings (SSSR count). The fourth-order valence-electron chi connectivity index (χ4n) is 2.63. The fraction of sp³-hybridized carbons (Fsp3) is 0.600. The van der Waals surface area contributed by atoms with Crippen LogP contribution in [0.3, 0.4) is 0 Å². The van der Waals surface area contributed by atoms with Crippen LogP contribution < -0.4 is 10.2 Å². The van der Waals surface area contributed by atoms with Gasteiger partial charge in [0.25, 0.3) is 0 Å². The first-order valence-electron chi connectivity index (χ1n) is 6.74. The molecule has 2 unspecified atom stereocenters. The highest BCUT2D eigenvalue weighted by molar-refractivity contribution is 5.57. The van der Waals surface area contributed by atoms with Crippen LogP contribution in [0.5, 0.6) is 0 Å². The molecule has 1 fully saturated rings. The van der Waals surface area contributed by atoms with E-state index in [4.69, 9.17) is 4.74 Å². The summed E-state index contributed by atoms with van der Waals surface area (Å²) in [6, 6.07) is 9.08. The smallest absolute Gasteiger partial charge is 0.0570 e. The van der Waals surface area contributed by atoms with Gasteiger partial charge in [0.15, 0.2) is 0 Å². The Labute approximate surface area is 110 Å². The molecule has 1 saturated heterocycles. The number of nitrogens with one attached hydrogen (secondary N) is 1. The number of ether oxygens (including phenoxy) is 1. The maximum absolute atomic E-state index is 5.77. The first kappa shape index (κ1) is 13.2. The van der Waals surface area contributed by atoms with E-state index >= 15 is 0 Å². The number of benzene rings is 1. The molecule has 0 aliphatic carbocycles. The molecule has 18 heavy (non-hydrogen) atoms. The molecule has 1 N–H and O–H groups in total. The van der Waals surface area contributed by atoms with E-state index in [1.54, 1.807) is 0 Å². The van der Waals surface area contributed by atoms with Crippen LogP contribution in [0.25, 0.3) is 0 Å². The van der Waals surface area contributed by atoms with Gasteiger partial charge in [0.05, 0.1) is 12.2 Å². The summed E-state index contributed by atoms with van der Waals surface area (Å²) in [7, 11) is 4.13. The Morgan fingerprint density at radius 2 is 1.83 bits per heavy atom. The van der Waals surface area contributed by atoms with Gasteiger partial charge in [-0.3, -0.25) is 0 Å². The fourth-order valence-corrected chi connectivity index (χ4v) is 2.63. The van der Waals surface area contributed by atoms with Gasteiger partial charge >= 0.3 is 0 Å². The van der Waals surface area contributed by atoms with Crippen LogP contribution in [0.15, 0.2) is 24.3 Å². The van der Waals surface area contributed by atoms with Gasteiger partial charge in [-0.25, -0.2) is 0 Å². The minimum Gasteiger partial charge on any atom is -0.382 e. The van der Waals surface area contributed by atoms with Crippen molar-refractivity contribution in [3.05, 3.63) is 24.3 Å². The first-order chi connectivity index (χ1) is 8.54. The highest BCUT2D eigenvalue weighted by atomic mass is 16.5. The van der Waals surface area contributed by atoms with E-state index < -0.39 is 0 Å². The summed E-state index contributed by atoms with van der Waals surface area (Å²) < 4.78 is 5.77. The van der Waals surface area contributed by atoms with Gasteiger partial charge in [-0.05, 0) is 44.9 Å². The monoisotopic (exact) mass is 248 g/mol. The van der Waals surface area contributed by atoms with Crippen LogP contribution in [-0.2, 0) is 4.74 Å². The average Bonchev–Trinajstić information content (AvgIpc) is 2.27. The van der Waals surface area contributed by atoms with Crippen molar-refractivity contribution < 1.29 is 4.74 Å². The van der Waals surface area contributed by atoms with Gasteiger partial charge < -0.3 is 15.0 Å². The third-order valence-corrected chi connectivity index (χ3v) is 3.43. The van der Waals surface area contributed by atoms with Gasteiger partial charge in [-0.2, -0.15) is 0 Å². The van der Waals surface area contributed by atoms with Crippen molar-refractivity contribution in [3.8, 4) is 0 Å². The topological polar surface area (TPSA) is 24.5 Å². The number of anilines is 2. The van der Waals surface area contributed by atoms with E-state index in [0.29, 0.717) is 18.2 Å². The predicted molar refractivity (Wildman–Crippen MR) is 77.4 cm³/mol. The Morgan fingerprint density at radius 1 is 1.17 bits per heavy atom. The standard InChI is InChI=1S/C15H24N2O/c1-11-8-14(9-12(2)18-11)16-13-6-5-7-15(10-13)17(3)4/h5-7,10-12,14,16H,8-9H2,1-4H3. The maximum Gasteiger partial charge on any atom is 0.0570 e. The summed E-state index contributed by atoms with van der Waals surface area (Å²) in [6.07, 6.45) is 2.86. The van der Waals surface area contributed by atoms with Crippen molar-refractivity contribution in [2.45, 2.75) is 44.9 Å². The average molecular weight is 248 g/mol. The van der Waals surface area contributed by atoms with E-state index in [2.05, 4.69) is 62.4 Å². The lowest BCUT2D eigenvalue weighted by Crippen LogP contribution is -2.36. The Balaban J connectivity index is 2.02. The minimum atomic E-state index is 0.350. The van der Waals surface area contributed by atoms with Gasteiger partial charge in [0, 0.05) is 31.5 Å². The second-order valence-corrected chi connectivity index (χ2v) is 5.51. The van der Waals surface area contributed by atoms with Gasteiger partial charge in [0.1, 0.15) is 0 Å². The summed E-state index contributed by atoms with van der Waals surface area (Å²) in [4.78, 5) is 2.13. The third kappa shape index (κ3) is 3.39. The summed E-state index contributed by atoms with van der Waals surface area (Å²) in [5.41, 5.74) is 2.43. The van der Waals surface area contributed by atoms with E-state index in [0.717, 1.165) is 12.8 Å². The molecule has 100 valence electrons. The second kappa shape index (κ2) is 5.61. The van der Waals surface area contributed by atoms with Gasteiger partial charge in [-0.15, -0.1) is 0 Å². The second-order valence-electron chi connectivity index (χ2n) is 5.51. The number of hydrogen-bond donors (Lipinski definition) is 1. The molecule has 2 atom stereocenters. The van der Waals surface area contributed by atoms with Crippen LogP contribution in [0, 0.1) is 0 Å². The Hall–Kier alpha value is -1.22. The molecule has 3 nitrogen and oxygen atoms in total. The highest BCUT2D eigenvalue weighted by Crippen LogP contribution is 2.24. The molecule has 0 bridgehead atoms. The molecule has 0 radical (unpaired) electrons. The molecule has 0 saturated carbocycles. The summed E-state index contributed by atoms with van der Waals surface area (Å²) in [5.74, 6) is 0. The van der Waals surface area contributed by atoms with Crippen molar-refractivity contribution in [2.75, 3.05) is 24.3 Å². The normalized spacial score (nSPS) is 27.9. The molecule has 1 aromatic carbocycles. The Bertz CT molecular complexity index is 382. The summed E-state index contributed by atoms with van der Waals surface area (Å²) >= 11 is 0. The van der Waals surface area contributed by atoms with E-state index in [1.165, 1.54) is 11.4 Å². The van der Waals surface area contributed by atoms with Crippen molar-refractivity contribution in [1.29, 1.82) is 0 Å². The van der Waals surface area contributed by atoms with Crippen LogP contribution in [0.4, 0.5) is 11.4 Å². The Kier molecular flexibility index (Phi) is 4.12. The molecule has 3 heteroatoms. The van der Waals surface area contributed by atoms with Crippen molar-refractivity contribution in [1.82, 2.24) is 0 Å². The zero-order chi connectivity index (χ0) is 13.1. The van der Waals surface area contributed by atoms with Crippen LogP contribution in [0.1, 0.15) is 26.7 Å². The van der Waals surface area contributed by atoms with E-state index in [1.807, 2.05) is 0 Å². The lowest BCUT2D eigenvalue weighted by Gasteiger charge is -2.33. The quantitative estimate of drug-likeness (QED) is 0.889. The summed E-state index contributed by atoms with van der Waals surface area (Å²) in [6.45, 7) is 4.31. The Morgan fingerprint density at radius 3 is 2.44 bits per heavy atom. The molecular formula is C15H24N2O. The zero-order valence-electron chi connectivity index (χ0n) is 11.8. The zero-order valence-corrected chi connectivity index (χ0v) is 11.8. The van der Waals surface area contributed by atoms with Crippen LogP contribution in [-0.4, -0.2) is 32.3 Å². The third-order valence-electron chi connectivity index (χ3n) is 3.43. The SMILES string of the molecule is CC1CC(Nc2cccc(N(C)C)c2)CC(C)O1. The number of rotatable bonds is 3. The summed E-state index contributed by atoms with van der Waals surface area (Å²) in [5, 5.41) is 3.63. The van der Waals surface area contributed by atoms with E-state index in [9.17, 15) is 0 Å². The number of nitrogens with zero attached hydrogens (tertiary/aromatic N) is 1. The van der Waals surface area contributed by atoms with Gasteiger partial charge in [-0.1, -0.05) is 6.07 Å². The molecule has 1 aliphatic rings. The molecule has 0 spiro atoms. The van der Waals surface area contributed by atoms with Crippen molar-refractivity contribution >= 4 is 11.4 Å².